The van der Waals surface area contributed by atoms with E-state index in [4.69, 9.17) is 0 Å². The number of hydrogen-bond acceptors (Lipinski definition) is 2. The zero-order valence-electron chi connectivity index (χ0n) is 10.2. The van der Waals surface area contributed by atoms with Gasteiger partial charge in [0.2, 0.25) is 10.0 Å². The minimum atomic E-state index is -3.17. The first-order valence-electron chi connectivity index (χ1n) is 5.64. The summed E-state index contributed by atoms with van der Waals surface area (Å²) in [5.41, 5.74) is 0. The molecule has 0 aliphatic rings. The number of aromatic nitrogens is 1. The largest absolute Gasteiger partial charge is 0.337 e. The van der Waals surface area contributed by atoms with Crippen LogP contribution >= 0.6 is 0 Å². The fraction of sp³-hybridized carbons (Fsp3) is 0.636. The lowest BCUT2D eigenvalue weighted by Gasteiger charge is -2.23. The third-order valence-corrected chi connectivity index (χ3v) is 4.36. The highest BCUT2D eigenvalue weighted by Crippen LogP contribution is 2.19. The summed E-state index contributed by atoms with van der Waals surface area (Å²) < 4.78 is 27.3. The minimum absolute atomic E-state index is 0.141. The van der Waals surface area contributed by atoms with Gasteiger partial charge < -0.3 is 4.57 Å². The van der Waals surface area contributed by atoms with Crippen LogP contribution in [-0.4, -0.2) is 25.3 Å². The molecule has 1 heterocycles. The fourth-order valence-corrected chi connectivity index (χ4v) is 2.76. The number of sulfonamides is 1. The molecule has 0 unspecified atom stereocenters. The molecule has 4 nitrogen and oxygen atoms in total. The van der Waals surface area contributed by atoms with E-state index in [0.29, 0.717) is 6.54 Å². The van der Waals surface area contributed by atoms with Gasteiger partial charge in [0.1, 0.15) is 5.82 Å². The lowest BCUT2D eigenvalue weighted by molar-refractivity contribution is 0.588. The van der Waals surface area contributed by atoms with Crippen LogP contribution in [0.25, 0.3) is 0 Å². The molecule has 0 atom stereocenters. The van der Waals surface area contributed by atoms with Crippen molar-refractivity contribution in [2.45, 2.75) is 26.7 Å². The summed E-state index contributed by atoms with van der Waals surface area (Å²) in [5, 5.41) is 0. The van der Waals surface area contributed by atoms with Crippen molar-refractivity contribution < 1.29 is 8.42 Å². The molecule has 92 valence electrons. The Bertz CT molecular complexity index is 423. The summed E-state index contributed by atoms with van der Waals surface area (Å²) in [6, 6.07) is 3.70. The van der Waals surface area contributed by atoms with E-state index >= 15 is 0 Å². The second-order valence-corrected chi connectivity index (χ2v) is 5.99. The topological polar surface area (TPSA) is 42.3 Å². The molecule has 1 rings (SSSR count). The average Bonchev–Trinajstić information content (AvgIpc) is 2.65. The van der Waals surface area contributed by atoms with Crippen molar-refractivity contribution in [1.82, 2.24) is 4.57 Å². The SMILES string of the molecule is CCCCN(c1cccn1C)S(=O)(=O)CC. The van der Waals surface area contributed by atoms with Crippen LogP contribution in [0.2, 0.25) is 0 Å². The molecule has 0 spiro atoms. The van der Waals surface area contributed by atoms with Crippen molar-refractivity contribution in [3.8, 4) is 0 Å². The zero-order chi connectivity index (χ0) is 12.2. The number of hydrogen-bond donors (Lipinski definition) is 0. The second kappa shape index (κ2) is 5.39. The molecular formula is C11H20N2O2S. The maximum absolute atomic E-state index is 12.0. The van der Waals surface area contributed by atoms with E-state index in [1.807, 2.05) is 29.9 Å². The molecule has 0 aromatic carbocycles. The van der Waals surface area contributed by atoms with Crippen molar-refractivity contribution in [3.05, 3.63) is 18.3 Å². The molecule has 0 N–H and O–H groups in total. The van der Waals surface area contributed by atoms with Crippen molar-refractivity contribution in [2.75, 3.05) is 16.6 Å². The van der Waals surface area contributed by atoms with Gasteiger partial charge in [0.15, 0.2) is 0 Å². The Morgan fingerprint density at radius 3 is 2.50 bits per heavy atom. The Morgan fingerprint density at radius 2 is 2.06 bits per heavy atom. The summed E-state index contributed by atoms with van der Waals surface area (Å²) in [7, 11) is -1.30. The monoisotopic (exact) mass is 244 g/mol. The first kappa shape index (κ1) is 13.1. The van der Waals surface area contributed by atoms with Gasteiger partial charge in [-0.25, -0.2) is 8.42 Å². The first-order chi connectivity index (χ1) is 7.53. The highest BCUT2D eigenvalue weighted by Gasteiger charge is 2.21. The normalized spacial score (nSPS) is 11.7. The van der Waals surface area contributed by atoms with E-state index in [9.17, 15) is 8.42 Å². The minimum Gasteiger partial charge on any atom is -0.337 e. The summed E-state index contributed by atoms with van der Waals surface area (Å²) in [5.74, 6) is 0.886. The molecular weight excluding hydrogens is 224 g/mol. The summed E-state index contributed by atoms with van der Waals surface area (Å²) in [6.45, 7) is 4.30. The van der Waals surface area contributed by atoms with Gasteiger partial charge in [-0.05, 0) is 25.5 Å². The van der Waals surface area contributed by atoms with E-state index in [1.165, 1.54) is 4.31 Å². The summed E-state index contributed by atoms with van der Waals surface area (Å²) >= 11 is 0. The summed E-state index contributed by atoms with van der Waals surface area (Å²) in [4.78, 5) is 0. The average molecular weight is 244 g/mol. The molecule has 0 radical (unpaired) electrons. The van der Waals surface area contributed by atoms with Gasteiger partial charge in [0.25, 0.3) is 0 Å². The van der Waals surface area contributed by atoms with Crippen molar-refractivity contribution in [2.24, 2.45) is 7.05 Å². The number of rotatable bonds is 6. The predicted octanol–water partition coefficient (Wildman–Crippen LogP) is 1.98. The molecule has 1 aromatic heterocycles. The Balaban J connectivity index is 3.02. The molecule has 0 aliphatic heterocycles. The molecule has 0 saturated heterocycles. The Kier molecular flexibility index (Phi) is 4.41. The lowest BCUT2D eigenvalue weighted by atomic mass is 10.3. The zero-order valence-corrected chi connectivity index (χ0v) is 11.0. The molecule has 0 amide bonds. The van der Waals surface area contributed by atoms with Crippen LogP contribution in [0, 0.1) is 0 Å². The number of nitrogens with zero attached hydrogens (tertiary/aromatic N) is 2. The van der Waals surface area contributed by atoms with Gasteiger partial charge in [-0.3, -0.25) is 4.31 Å². The lowest BCUT2D eigenvalue weighted by Crippen LogP contribution is -2.34. The van der Waals surface area contributed by atoms with Crippen LogP contribution in [0.4, 0.5) is 5.82 Å². The smallest absolute Gasteiger partial charge is 0.235 e. The Labute approximate surface area is 97.9 Å². The third kappa shape index (κ3) is 2.78. The van der Waals surface area contributed by atoms with Crippen molar-refractivity contribution in [3.63, 3.8) is 0 Å². The number of anilines is 1. The van der Waals surface area contributed by atoms with Crippen molar-refractivity contribution in [1.29, 1.82) is 0 Å². The van der Waals surface area contributed by atoms with Crippen LogP contribution in [0.5, 0.6) is 0 Å². The molecule has 16 heavy (non-hydrogen) atoms. The number of aryl methyl sites for hydroxylation is 1. The maximum Gasteiger partial charge on any atom is 0.235 e. The van der Waals surface area contributed by atoms with Crippen LogP contribution in [0.3, 0.4) is 0 Å². The van der Waals surface area contributed by atoms with Crippen LogP contribution in [0.15, 0.2) is 18.3 Å². The molecule has 0 aliphatic carbocycles. The summed E-state index contributed by atoms with van der Waals surface area (Å²) in [6.07, 6.45) is 3.73. The van der Waals surface area contributed by atoms with E-state index in [-0.39, 0.29) is 5.75 Å². The van der Waals surface area contributed by atoms with Crippen LogP contribution < -0.4 is 4.31 Å². The fourth-order valence-electron chi connectivity index (χ4n) is 1.56. The second-order valence-electron chi connectivity index (χ2n) is 3.80. The quantitative estimate of drug-likeness (QED) is 0.768. The molecule has 0 fully saturated rings. The number of unbranched alkanes of at least 4 members (excludes halogenated alkanes) is 1. The first-order valence-corrected chi connectivity index (χ1v) is 7.25. The third-order valence-electron chi connectivity index (χ3n) is 2.59. The Morgan fingerprint density at radius 1 is 1.38 bits per heavy atom. The predicted molar refractivity (Wildman–Crippen MR) is 67.1 cm³/mol. The standard InChI is InChI=1S/C11H20N2O2S/c1-4-6-10-13(16(14,15)5-2)11-8-7-9-12(11)3/h7-9H,4-6,10H2,1-3H3. The highest BCUT2D eigenvalue weighted by atomic mass is 32.2. The van der Waals surface area contributed by atoms with Gasteiger partial charge in [0, 0.05) is 19.8 Å². The van der Waals surface area contributed by atoms with Crippen LogP contribution in [-0.2, 0) is 17.1 Å². The van der Waals surface area contributed by atoms with Gasteiger partial charge in [-0.2, -0.15) is 0 Å². The highest BCUT2D eigenvalue weighted by molar-refractivity contribution is 7.92. The van der Waals surface area contributed by atoms with E-state index < -0.39 is 10.0 Å². The van der Waals surface area contributed by atoms with Gasteiger partial charge in [-0.15, -0.1) is 0 Å². The molecule has 0 saturated carbocycles. The van der Waals surface area contributed by atoms with E-state index in [0.717, 1.165) is 18.7 Å². The molecule has 1 aromatic rings. The molecule has 5 heteroatoms. The van der Waals surface area contributed by atoms with Gasteiger partial charge >= 0.3 is 0 Å². The van der Waals surface area contributed by atoms with Gasteiger partial charge in [-0.1, -0.05) is 13.3 Å². The Hall–Kier alpha value is -0.970. The van der Waals surface area contributed by atoms with E-state index in [1.54, 1.807) is 6.92 Å². The van der Waals surface area contributed by atoms with Crippen molar-refractivity contribution >= 4 is 15.8 Å². The van der Waals surface area contributed by atoms with Gasteiger partial charge in [0.05, 0.1) is 5.75 Å². The maximum atomic E-state index is 12.0. The molecule has 0 bridgehead atoms. The van der Waals surface area contributed by atoms with E-state index in [2.05, 4.69) is 6.92 Å². The van der Waals surface area contributed by atoms with Crippen LogP contribution in [0.1, 0.15) is 26.7 Å².